The molecule has 0 aromatic heterocycles. The van der Waals surface area contributed by atoms with Gasteiger partial charge in [0.15, 0.2) is 6.61 Å². The Balaban J connectivity index is 2.18. The van der Waals surface area contributed by atoms with E-state index in [0.717, 1.165) is 25.6 Å². The van der Waals surface area contributed by atoms with Gasteiger partial charge in [-0.05, 0) is 75.6 Å². The summed E-state index contributed by atoms with van der Waals surface area (Å²) in [4.78, 5) is 27.2. The maximum atomic E-state index is 13.1. The summed E-state index contributed by atoms with van der Waals surface area (Å²) < 4.78 is 7.76. The zero-order valence-corrected chi connectivity index (χ0v) is 21.1. The second-order valence-electron chi connectivity index (χ2n) is 7.65. The number of rotatable bonds is 8. The normalized spacial score (nSPS) is 11.9. The van der Waals surface area contributed by atoms with Crippen LogP contribution in [0.4, 0.5) is 0 Å². The molecule has 0 unspecified atom stereocenters. The van der Waals surface area contributed by atoms with E-state index in [9.17, 15) is 9.59 Å². The molecule has 2 rings (SSSR count). The summed E-state index contributed by atoms with van der Waals surface area (Å²) in [5.74, 6) is 0.192. The maximum Gasteiger partial charge on any atom is 0.261 e. The van der Waals surface area contributed by atoms with Gasteiger partial charge in [0.1, 0.15) is 11.8 Å². The van der Waals surface area contributed by atoms with Gasteiger partial charge in [-0.25, -0.2) is 0 Å². The molecule has 0 bridgehead atoms. The van der Waals surface area contributed by atoms with E-state index in [-0.39, 0.29) is 24.5 Å². The molecule has 0 saturated carbocycles. The Kier molecular flexibility index (Phi) is 8.92. The smallest absolute Gasteiger partial charge is 0.261 e. The molecule has 0 spiro atoms. The van der Waals surface area contributed by atoms with E-state index in [4.69, 9.17) is 4.74 Å². The maximum absolute atomic E-state index is 13.1. The largest absolute Gasteiger partial charge is 0.484 e. The van der Waals surface area contributed by atoms with Gasteiger partial charge in [0.2, 0.25) is 5.91 Å². The van der Waals surface area contributed by atoms with Crippen molar-refractivity contribution in [2.24, 2.45) is 0 Å². The molecule has 0 aliphatic carbocycles. The number of ether oxygens (including phenoxy) is 1. The van der Waals surface area contributed by atoms with Crippen LogP contribution in [0.2, 0.25) is 0 Å². The monoisotopic (exact) mass is 538 g/mol. The molecule has 5 nitrogen and oxygen atoms in total. The first-order chi connectivity index (χ1) is 14.1. The Morgan fingerprint density at radius 2 is 1.60 bits per heavy atom. The predicted octanol–water partition coefficient (Wildman–Crippen LogP) is 5.15. The summed E-state index contributed by atoms with van der Waals surface area (Å²) in [5, 5.41) is 2.88. The third kappa shape index (κ3) is 6.84. The lowest BCUT2D eigenvalue weighted by molar-refractivity contribution is -0.142. The summed E-state index contributed by atoms with van der Waals surface area (Å²) in [6.45, 7) is 9.66. The molecular formula is C23H28Br2N2O3. The molecule has 30 heavy (non-hydrogen) atoms. The minimum atomic E-state index is -0.625. The summed E-state index contributed by atoms with van der Waals surface area (Å²) >= 11 is 6.95. The van der Waals surface area contributed by atoms with Crippen molar-refractivity contribution >= 4 is 43.7 Å². The van der Waals surface area contributed by atoms with Crippen LogP contribution in [0.1, 0.15) is 37.5 Å². The van der Waals surface area contributed by atoms with Crippen LogP contribution in [0.25, 0.3) is 0 Å². The van der Waals surface area contributed by atoms with Gasteiger partial charge < -0.3 is 15.0 Å². The van der Waals surface area contributed by atoms with Crippen LogP contribution in [-0.4, -0.2) is 35.4 Å². The van der Waals surface area contributed by atoms with Crippen molar-refractivity contribution in [1.29, 1.82) is 0 Å². The van der Waals surface area contributed by atoms with Gasteiger partial charge in [0.05, 0.1) is 0 Å². The van der Waals surface area contributed by atoms with Crippen molar-refractivity contribution in [1.82, 2.24) is 10.2 Å². The van der Waals surface area contributed by atoms with Gasteiger partial charge in [-0.2, -0.15) is 0 Å². The molecule has 2 aromatic carbocycles. The number of halogens is 2. The average Bonchev–Trinajstić information content (AvgIpc) is 2.68. The summed E-state index contributed by atoms with van der Waals surface area (Å²) in [6, 6.07) is 10.8. The molecule has 0 aliphatic rings. The molecule has 2 aromatic rings. The van der Waals surface area contributed by atoms with E-state index < -0.39 is 6.04 Å². The number of nitrogens with zero attached hydrogens (tertiary/aromatic N) is 1. The Morgan fingerprint density at radius 1 is 1.03 bits per heavy atom. The summed E-state index contributed by atoms with van der Waals surface area (Å²) in [7, 11) is 0. The molecule has 162 valence electrons. The Labute approximate surface area is 195 Å². The van der Waals surface area contributed by atoms with E-state index in [0.29, 0.717) is 12.3 Å². The zero-order valence-electron chi connectivity index (χ0n) is 18.0. The van der Waals surface area contributed by atoms with Crippen molar-refractivity contribution in [2.45, 2.75) is 53.2 Å². The van der Waals surface area contributed by atoms with Crippen molar-refractivity contribution < 1.29 is 14.3 Å². The van der Waals surface area contributed by atoms with Crippen LogP contribution < -0.4 is 10.1 Å². The van der Waals surface area contributed by atoms with Crippen LogP contribution in [0.15, 0.2) is 45.3 Å². The minimum Gasteiger partial charge on any atom is -0.484 e. The Hall–Kier alpha value is -1.86. The molecule has 2 amide bonds. The number of amides is 2. The van der Waals surface area contributed by atoms with Crippen LogP contribution in [-0.2, 0) is 16.1 Å². The number of hydrogen-bond acceptors (Lipinski definition) is 3. The van der Waals surface area contributed by atoms with Crippen LogP contribution in [0.5, 0.6) is 5.75 Å². The van der Waals surface area contributed by atoms with E-state index >= 15 is 0 Å². The molecular weight excluding hydrogens is 512 g/mol. The lowest BCUT2D eigenvalue weighted by Crippen LogP contribution is -2.50. The number of benzene rings is 2. The van der Waals surface area contributed by atoms with E-state index in [1.165, 1.54) is 0 Å². The first kappa shape index (κ1) is 24.4. The van der Waals surface area contributed by atoms with Crippen molar-refractivity contribution in [3.63, 3.8) is 0 Å². The van der Waals surface area contributed by atoms with E-state index in [1.807, 2.05) is 64.1 Å². The van der Waals surface area contributed by atoms with Gasteiger partial charge in [0.25, 0.3) is 5.91 Å². The van der Waals surface area contributed by atoms with Gasteiger partial charge in [0, 0.05) is 21.5 Å². The first-order valence-electron chi connectivity index (χ1n) is 9.82. The number of carbonyl (C=O) groups excluding carboxylic acids is 2. The van der Waals surface area contributed by atoms with Gasteiger partial charge in [-0.1, -0.05) is 44.0 Å². The highest BCUT2D eigenvalue weighted by Crippen LogP contribution is 2.26. The van der Waals surface area contributed by atoms with E-state index in [1.54, 1.807) is 11.8 Å². The SMILES string of the molecule is Cc1cc(OCC(=O)N(Cc2ccc(Br)cc2)[C@H](C)C(=O)NC(C)C)cc(C)c1Br. The number of nitrogens with one attached hydrogen (secondary N) is 1. The fraction of sp³-hybridized carbons (Fsp3) is 0.391. The highest BCUT2D eigenvalue weighted by molar-refractivity contribution is 9.10. The lowest BCUT2D eigenvalue weighted by Gasteiger charge is -2.29. The molecule has 0 radical (unpaired) electrons. The standard InChI is InChI=1S/C23H28Br2N2O3/c1-14(2)26-23(29)17(5)27(12-18-6-8-19(24)9-7-18)21(28)13-30-20-10-15(3)22(25)16(4)11-20/h6-11,14,17H,12-13H2,1-5H3,(H,26,29)/t17-/m1/s1. The quantitative estimate of drug-likeness (QED) is 0.504. The van der Waals surface area contributed by atoms with Crippen LogP contribution >= 0.6 is 31.9 Å². The predicted molar refractivity (Wildman–Crippen MR) is 127 cm³/mol. The van der Waals surface area contributed by atoms with Gasteiger partial charge in [-0.3, -0.25) is 9.59 Å². The third-order valence-electron chi connectivity index (χ3n) is 4.64. The van der Waals surface area contributed by atoms with Crippen molar-refractivity contribution in [3.8, 4) is 5.75 Å². The minimum absolute atomic E-state index is 0.00505. The van der Waals surface area contributed by atoms with Crippen molar-refractivity contribution in [2.75, 3.05) is 6.61 Å². The zero-order chi connectivity index (χ0) is 22.4. The van der Waals surface area contributed by atoms with Crippen LogP contribution in [0, 0.1) is 13.8 Å². The summed E-state index contributed by atoms with van der Waals surface area (Å²) in [5.41, 5.74) is 3.01. The molecule has 0 fully saturated rings. The Bertz CT molecular complexity index is 875. The highest BCUT2D eigenvalue weighted by atomic mass is 79.9. The fourth-order valence-electron chi connectivity index (χ4n) is 2.99. The molecule has 0 saturated heterocycles. The molecule has 1 atom stereocenters. The third-order valence-corrected chi connectivity index (χ3v) is 6.42. The molecule has 0 heterocycles. The average molecular weight is 540 g/mol. The van der Waals surface area contributed by atoms with Gasteiger partial charge >= 0.3 is 0 Å². The number of carbonyl (C=O) groups is 2. The first-order valence-corrected chi connectivity index (χ1v) is 11.4. The fourth-order valence-corrected chi connectivity index (χ4v) is 3.49. The van der Waals surface area contributed by atoms with Crippen LogP contribution in [0.3, 0.4) is 0 Å². The second kappa shape index (κ2) is 11.0. The topological polar surface area (TPSA) is 58.6 Å². The lowest BCUT2D eigenvalue weighted by atomic mass is 10.1. The number of aryl methyl sites for hydroxylation is 2. The Morgan fingerprint density at radius 3 is 2.13 bits per heavy atom. The van der Waals surface area contributed by atoms with Crippen molar-refractivity contribution in [3.05, 3.63) is 62.0 Å². The molecule has 7 heteroatoms. The summed E-state index contributed by atoms with van der Waals surface area (Å²) in [6.07, 6.45) is 0. The molecule has 0 aliphatic heterocycles. The molecule has 1 N–H and O–H groups in total. The number of hydrogen-bond donors (Lipinski definition) is 1. The second-order valence-corrected chi connectivity index (χ2v) is 9.36. The van der Waals surface area contributed by atoms with Gasteiger partial charge in [-0.15, -0.1) is 0 Å². The highest BCUT2D eigenvalue weighted by Gasteiger charge is 2.27. The van der Waals surface area contributed by atoms with E-state index in [2.05, 4.69) is 37.2 Å².